The number of likely N-dealkylation sites (N-methyl/N-ethyl adjacent to an activating group) is 1. The molecule has 2 rings (SSSR count). The number of amides is 1. The molecule has 6 nitrogen and oxygen atoms in total. The highest BCUT2D eigenvalue weighted by molar-refractivity contribution is 5.85. The predicted molar refractivity (Wildman–Crippen MR) is 101 cm³/mol. The molecule has 1 amide bonds. The first-order valence-corrected chi connectivity index (χ1v) is 9.37. The van der Waals surface area contributed by atoms with Crippen LogP contribution in [0.1, 0.15) is 51.9 Å². The molecule has 2 fully saturated rings. The Balaban J connectivity index is 0.00000312. The third-order valence-corrected chi connectivity index (χ3v) is 5.55. The average Bonchev–Trinajstić information content (AvgIpc) is 2.74. The zero-order chi connectivity index (χ0) is 17.5. The van der Waals surface area contributed by atoms with Gasteiger partial charge in [0.1, 0.15) is 0 Å². The highest BCUT2D eigenvalue weighted by Gasteiger charge is 2.24. The SMILES string of the molecule is CC1CCC(NC(=O)CN2CCCC(N(C)CC(=O)O)CC2)CC1.Cl. The Morgan fingerprint density at radius 1 is 1.12 bits per heavy atom. The number of hydrogen-bond donors (Lipinski definition) is 2. The molecule has 1 heterocycles. The second-order valence-corrected chi connectivity index (χ2v) is 7.69. The van der Waals surface area contributed by atoms with E-state index in [1.165, 1.54) is 12.8 Å². The molecule has 1 saturated heterocycles. The molecule has 0 bridgehead atoms. The van der Waals surface area contributed by atoms with Crippen LogP contribution >= 0.6 is 12.4 Å². The molecular weight excluding hydrogens is 342 g/mol. The minimum absolute atomic E-state index is 0. The molecule has 7 heteroatoms. The topological polar surface area (TPSA) is 72.9 Å². The van der Waals surface area contributed by atoms with Gasteiger partial charge in [-0.15, -0.1) is 12.4 Å². The third-order valence-electron chi connectivity index (χ3n) is 5.55. The van der Waals surface area contributed by atoms with Crippen LogP contribution in [0.2, 0.25) is 0 Å². The van der Waals surface area contributed by atoms with Gasteiger partial charge in [0.25, 0.3) is 0 Å². The van der Waals surface area contributed by atoms with Gasteiger partial charge in [0.05, 0.1) is 13.1 Å². The minimum atomic E-state index is -0.778. The predicted octanol–water partition coefficient (Wildman–Crippen LogP) is 1.97. The summed E-state index contributed by atoms with van der Waals surface area (Å²) >= 11 is 0. The molecule has 1 atom stereocenters. The van der Waals surface area contributed by atoms with Gasteiger partial charge in [-0.2, -0.15) is 0 Å². The maximum absolute atomic E-state index is 12.3. The molecular formula is C18H34ClN3O3. The summed E-state index contributed by atoms with van der Waals surface area (Å²) in [5.74, 6) is 0.162. The van der Waals surface area contributed by atoms with Crippen LogP contribution in [-0.2, 0) is 9.59 Å². The highest BCUT2D eigenvalue weighted by Crippen LogP contribution is 2.23. The standard InChI is InChI=1S/C18H33N3O3.ClH/c1-14-5-7-15(8-6-14)19-17(22)12-21-10-3-4-16(9-11-21)20(2)13-18(23)24;/h14-16H,3-13H2,1-2H3,(H,19,22)(H,23,24);1H. The van der Waals surface area contributed by atoms with E-state index in [1.54, 1.807) is 0 Å². The van der Waals surface area contributed by atoms with Crippen molar-refractivity contribution < 1.29 is 14.7 Å². The average molecular weight is 376 g/mol. The third kappa shape index (κ3) is 7.92. The Labute approximate surface area is 157 Å². The molecule has 25 heavy (non-hydrogen) atoms. The van der Waals surface area contributed by atoms with Crippen molar-refractivity contribution in [3.05, 3.63) is 0 Å². The van der Waals surface area contributed by atoms with Crippen molar-refractivity contribution in [2.24, 2.45) is 5.92 Å². The van der Waals surface area contributed by atoms with Gasteiger partial charge in [-0.3, -0.25) is 19.4 Å². The number of carboxylic acids is 1. The van der Waals surface area contributed by atoms with Crippen LogP contribution in [-0.4, -0.2) is 72.1 Å². The molecule has 1 aliphatic carbocycles. The summed E-state index contributed by atoms with van der Waals surface area (Å²) in [6.07, 6.45) is 7.59. The zero-order valence-electron chi connectivity index (χ0n) is 15.6. The Morgan fingerprint density at radius 2 is 1.80 bits per heavy atom. The van der Waals surface area contributed by atoms with Gasteiger partial charge in [-0.05, 0) is 64.5 Å². The molecule has 1 unspecified atom stereocenters. The number of aliphatic carboxylic acids is 1. The van der Waals surface area contributed by atoms with E-state index in [2.05, 4.69) is 17.1 Å². The lowest BCUT2D eigenvalue weighted by Gasteiger charge is -2.28. The highest BCUT2D eigenvalue weighted by atomic mass is 35.5. The molecule has 146 valence electrons. The van der Waals surface area contributed by atoms with E-state index < -0.39 is 5.97 Å². The van der Waals surface area contributed by atoms with Crippen molar-refractivity contribution in [2.75, 3.05) is 33.2 Å². The van der Waals surface area contributed by atoms with E-state index in [9.17, 15) is 9.59 Å². The number of carbonyl (C=O) groups excluding carboxylic acids is 1. The molecule has 0 aromatic carbocycles. The van der Waals surface area contributed by atoms with Gasteiger partial charge < -0.3 is 10.4 Å². The first-order chi connectivity index (χ1) is 11.4. The number of carboxylic acid groups (broad SMARTS) is 1. The van der Waals surface area contributed by atoms with Crippen molar-refractivity contribution in [1.82, 2.24) is 15.1 Å². The molecule has 2 aliphatic rings. The Morgan fingerprint density at radius 3 is 2.44 bits per heavy atom. The van der Waals surface area contributed by atoms with Gasteiger partial charge in [-0.25, -0.2) is 0 Å². The fourth-order valence-corrected chi connectivity index (χ4v) is 3.96. The lowest BCUT2D eigenvalue weighted by Crippen LogP contribution is -2.44. The summed E-state index contributed by atoms with van der Waals surface area (Å²) in [5.41, 5.74) is 0. The quantitative estimate of drug-likeness (QED) is 0.742. The fourth-order valence-electron chi connectivity index (χ4n) is 3.96. The van der Waals surface area contributed by atoms with Crippen molar-refractivity contribution in [3.8, 4) is 0 Å². The normalized spacial score (nSPS) is 28.0. The minimum Gasteiger partial charge on any atom is -0.480 e. The van der Waals surface area contributed by atoms with E-state index in [-0.39, 0.29) is 24.9 Å². The van der Waals surface area contributed by atoms with Crippen molar-refractivity contribution in [2.45, 2.75) is 64.0 Å². The van der Waals surface area contributed by atoms with E-state index in [1.807, 2.05) is 11.9 Å². The molecule has 0 spiro atoms. The van der Waals surface area contributed by atoms with Gasteiger partial charge >= 0.3 is 5.97 Å². The van der Waals surface area contributed by atoms with Gasteiger partial charge in [-0.1, -0.05) is 6.92 Å². The van der Waals surface area contributed by atoms with E-state index in [4.69, 9.17) is 5.11 Å². The number of rotatable bonds is 6. The number of halogens is 1. The number of nitrogens with zero attached hydrogens (tertiary/aromatic N) is 2. The van der Waals surface area contributed by atoms with Gasteiger partial charge in [0.15, 0.2) is 0 Å². The van der Waals surface area contributed by atoms with Crippen molar-refractivity contribution in [3.63, 3.8) is 0 Å². The summed E-state index contributed by atoms with van der Waals surface area (Å²) in [6, 6.07) is 0.657. The molecule has 0 radical (unpaired) electrons. The van der Waals surface area contributed by atoms with Gasteiger partial charge in [0, 0.05) is 18.6 Å². The van der Waals surface area contributed by atoms with E-state index in [0.717, 1.165) is 51.1 Å². The fraction of sp³-hybridized carbons (Fsp3) is 0.889. The summed E-state index contributed by atoms with van der Waals surface area (Å²) in [5, 5.41) is 12.1. The summed E-state index contributed by atoms with van der Waals surface area (Å²) in [4.78, 5) is 27.3. The Kier molecular flexibility index (Phi) is 9.75. The first-order valence-electron chi connectivity index (χ1n) is 9.37. The van der Waals surface area contributed by atoms with Crippen LogP contribution in [0.4, 0.5) is 0 Å². The maximum Gasteiger partial charge on any atom is 0.317 e. The number of carbonyl (C=O) groups is 2. The molecule has 2 N–H and O–H groups in total. The Bertz CT molecular complexity index is 428. The number of nitrogens with one attached hydrogen (secondary N) is 1. The largest absolute Gasteiger partial charge is 0.480 e. The van der Waals surface area contributed by atoms with Crippen LogP contribution in [0.3, 0.4) is 0 Å². The number of hydrogen-bond acceptors (Lipinski definition) is 4. The van der Waals surface area contributed by atoms with Crippen molar-refractivity contribution >= 4 is 24.3 Å². The van der Waals surface area contributed by atoms with Crippen LogP contribution in [0.25, 0.3) is 0 Å². The Hall–Kier alpha value is -0.850. The van der Waals surface area contributed by atoms with E-state index in [0.29, 0.717) is 18.6 Å². The molecule has 0 aromatic heterocycles. The molecule has 1 aliphatic heterocycles. The van der Waals surface area contributed by atoms with Crippen LogP contribution in [0.5, 0.6) is 0 Å². The summed E-state index contributed by atoms with van der Waals surface area (Å²) in [7, 11) is 1.88. The van der Waals surface area contributed by atoms with Crippen LogP contribution in [0, 0.1) is 5.92 Å². The lowest BCUT2D eigenvalue weighted by atomic mass is 9.87. The summed E-state index contributed by atoms with van der Waals surface area (Å²) < 4.78 is 0. The van der Waals surface area contributed by atoms with Crippen molar-refractivity contribution in [1.29, 1.82) is 0 Å². The maximum atomic E-state index is 12.3. The zero-order valence-corrected chi connectivity index (χ0v) is 16.4. The van der Waals surface area contributed by atoms with Crippen LogP contribution in [0.15, 0.2) is 0 Å². The first kappa shape index (κ1) is 22.2. The summed E-state index contributed by atoms with van der Waals surface area (Å²) in [6.45, 7) is 4.63. The second kappa shape index (κ2) is 11.0. The van der Waals surface area contributed by atoms with Crippen LogP contribution < -0.4 is 5.32 Å². The molecule has 1 saturated carbocycles. The lowest BCUT2D eigenvalue weighted by molar-refractivity contribution is -0.138. The smallest absolute Gasteiger partial charge is 0.317 e. The second-order valence-electron chi connectivity index (χ2n) is 7.69. The molecule has 0 aromatic rings. The monoisotopic (exact) mass is 375 g/mol. The number of likely N-dealkylation sites (tertiary alicyclic amines) is 1. The van der Waals surface area contributed by atoms with Gasteiger partial charge in [0.2, 0.25) is 5.91 Å². The van der Waals surface area contributed by atoms with E-state index >= 15 is 0 Å².